The normalized spacial score (nSPS) is 21.8. The second-order valence-corrected chi connectivity index (χ2v) is 11.4. The standard InChI is InChI=1S/C24H23ClN6O3S/c25-14-10-15(23(34)31-18(14)20(32)29-24(31)5-1-6-24)28-19-17-13-4-3-12(22(33)30-7-2-8-30)9-16(13)35-21(17)27-11-26-19/h10-12H,1-9H2,(H,29,32)(H,26,27,28)/t12-/m0/s1. The Morgan fingerprint density at radius 3 is 2.77 bits per heavy atom. The van der Waals surface area contributed by atoms with Crippen LogP contribution < -0.4 is 16.2 Å². The summed E-state index contributed by atoms with van der Waals surface area (Å²) in [5.41, 5.74) is 0.688. The van der Waals surface area contributed by atoms with E-state index in [1.54, 1.807) is 11.3 Å². The van der Waals surface area contributed by atoms with Crippen molar-refractivity contribution in [1.82, 2.24) is 24.8 Å². The Labute approximate surface area is 209 Å². The molecule has 1 saturated carbocycles. The number of pyridine rings is 1. The van der Waals surface area contributed by atoms with E-state index in [0.717, 1.165) is 61.0 Å². The van der Waals surface area contributed by atoms with Gasteiger partial charge in [-0.05, 0) is 56.6 Å². The minimum absolute atomic E-state index is 0.0177. The van der Waals surface area contributed by atoms with Crippen molar-refractivity contribution in [2.24, 2.45) is 5.92 Å². The third-order valence-corrected chi connectivity index (χ3v) is 9.39. The molecule has 2 aliphatic heterocycles. The number of carbonyl (C=O) groups is 2. The van der Waals surface area contributed by atoms with Crippen LogP contribution in [0.4, 0.5) is 11.5 Å². The number of halogens is 1. The van der Waals surface area contributed by atoms with Crippen molar-refractivity contribution in [2.75, 3.05) is 18.4 Å². The first kappa shape index (κ1) is 21.3. The molecule has 1 atom stereocenters. The van der Waals surface area contributed by atoms with Crippen LogP contribution in [0.3, 0.4) is 0 Å². The summed E-state index contributed by atoms with van der Waals surface area (Å²) in [6.45, 7) is 1.74. The number of aryl methyl sites for hydroxylation is 1. The molecule has 4 aliphatic rings. The Hall–Kier alpha value is -2.98. The van der Waals surface area contributed by atoms with E-state index < -0.39 is 5.66 Å². The average molecular weight is 511 g/mol. The van der Waals surface area contributed by atoms with Gasteiger partial charge in [-0.25, -0.2) is 9.97 Å². The van der Waals surface area contributed by atoms with Gasteiger partial charge in [-0.1, -0.05) is 11.6 Å². The molecule has 0 unspecified atom stereocenters. The fourth-order valence-electron chi connectivity index (χ4n) is 5.82. The number of amides is 2. The lowest BCUT2D eigenvalue weighted by atomic mass is 9.85. The number of anilines is 2. The molecule has 180 valence electrons. The molecular formula is C24H23ClN6O3S. The zero-order chi connectivity index (χ0) is 23.9. The Kier molecular flexibility index (Phi) is 4.57. The Morgan fingerprint density at radius 1 is 1.23 bits per heavy atom. The molecule has 1 saturated heterocycles. The van der Waals surface area contributed by atoms with E-state index >= 15 is 0 Å². The summed E-state index contributed by atoms with van der Waals surface area (Å²) in [4.78, 5) is 51.8. The van der Waals surface area contributed by atoms with Gasteiger partial charge in [-0.3, -0.25) is 19.0 Å². The number of hydrogen-bond donors (Lipinski definition) is 2. The van der Waals surface area contributed by atoms with Gasteiger partial charge in [0.05, 0.1) is 10.4 Å². The maximum Gasteiger partial charge on any atom is 0.276 e. The molecule has 35 heavy (non-hydrogen) atoms. The fraction of sp³-hybridized carbons (Fsp3) is 0.458. The molecule has 7 rings (SSSR count). The number of carbonyl (C=O) groups excluding carboxylic acids is 2. The Balaban J connectivity index is 1.27. The van der Waals surface area contributed by atoms with Crippen LogP contribution in [0, 0.1) is 5.92 Å². The molecule has 1 spiro atoms. The minimum Gasteiger partial charge on any atom is -0.342 e. The fourth-order valence-corrected chi connectivity index (χ4v) is 7.36. The Morgan fingerprint density at radius 2 is 2.06 bits per heavy atom. The number of thiophene rings is 1. The summed E-state index contributed by atoms with van der Waals surface area (Å²) in [5.74, 6) is 0.521. The summed E-state index contributed by atoms with van der Waals surface area (Å²) in [5, 5.41) is 7.31. The van der Waals surface area contributed by atoms with E-state index in [0.29, 0.717) is 18.7 Å². The maximum absolute atomic E-state index is 13.5. The topological polar surface area (TPSA) is 109 Å². The van der Waals surface area contributed by atoms with Gasteiger partial charge >= 0.3 is 0 Å². The number of rotatable bonds is 3. The molecule has 2 amide bonds. The van der Waals surface area contributed by atoms with Crippen molar-refractivity contribution in [2.45, 2.75) is 50.6 Å². The third kappa shape index (κ3) is 3.02. The second-order valence-electron chi connectivity index (χ2n) is 9.88. The van der Waals surface area contributed by atoms with Crippen molar-refractivity contribution < 1.29 is 9.59 Å². The molecule has 2 fully saturated rings. The lowest BCUT2D eigenvalue weighted by molar-refractivity contribution is -0.139. The van der Waals surface area contributed by atoms with Crippen LogP contribution in [-0.2, 0) is 23.3 Å². The molecule has 0 aromatic carbocycles. The summed E-state index contributed by atoms with van der Waals surface area (Å²) < 4.78 is 1.52. The van der Waals surface area contributed by atoms with Gasteiger partial charge < -0.3 is 15.5 Å². The van der Waals surface area contributed by atoms with Gasteiger partial charge in [-0.15, -0.1) is 11.3 Å². The molecule has 11 heteroatoms. The smallest absolute Gasteiger partial charge is 0.276 e. The molecule has 2 aliphatic carbocycles. The van der Waals surface area contributed by atoms with Crippen molar-refractivity contribution in [3.8, 4) is 0 Å². The number of nitrogens with zero attached hydrogens (tertiary/aromatic N) is 4. The highest BCUT2D eigenvalue weighted by Crippen LogP contribution is 2.43. The van der Waals surface area contributed by atoms with E-state index in [9.17, 15) is 14.4 Å². The number of nitrogens with one attached hydrogen (secondary N) is 2. The molecule has 0 bridgehead atoms. The molecule has 3 aromatic rings. The number of aromatic nitrogens is 3. The summed E-state index contributed by atoms with van der Waals surface area (Å²) in [7, 11) is 0. The zero-order valence-corrected chi connectivity index (χ0v) is 20.5. The largest absolute Gasteiger partial charge is 0.342 e. The quantitative estimate of drug-likeness (QED) is 0.560. The number of hydrogen-bond acceptors (Lipinski definition) is 7. The van der Waals surface area contributed by atoms with Gasteiger partial charge in [0.1, 0.15) is 34.0 Å². The predicted octanol–water partition coefficient (Wildman–Crippen LogP) is 3.17. The third-order valence-electron chi connectivity index (χ3n) is 7.94. The molecule has 2 N–H and O–H groups in total. The molecule has 3 aromatic heterocycles. The lowest BCUT2D eigenvalue weighted by Gasteiger charge is -2.39. The highest BCUT2D eigenvalue weighted by molar-refractivity contribution is 7.19. The van der Waals surface area contributed by atoms with Crippen LogP contribution in [0.5, 0.6) is 0 Å². The van der Waals surface area contributed by atoms with Gasteiger partial charge in [-0.2, -0.15) is 0 Å². The highest BCUT2D eigenvalue weighted by Gasteiger charge is 2.49. The number of likely N-dealkylation sites (tertiary alicyclic amines) is 1. The lowest BCUT2D eigenvalue weighted by Crippen LogP contribution is -2.52. The van der Waals surface area contributed by atoms with E-state index in [-0.39, 0.29) is 39.7 Å². The van der Waals surface area contributed by atoms with Crippen LogP contribution in [0.2, 0.25) is 5.02 Å². The first-order valence-electron chi connectivity index (χ1n) is 12.0. The average Bonchev–Trinajstić information content (AvgIpc) is 3.31. The van der Waals surface area contributed by atoms with Gasteiger partial charge in [0, 0.05) is 23.9 Å². The summed E-state index contributed by atoms with van der Waals surface area (Å²) in [6, 6.07) is 1.52. The van der Waals surface area contributed by atoms with Crippen LogP contribution in [0.15, 0.2) is 17.2 Å². The highest BCUT2D eigenvalue weighted by atomic mass is 35.5. The Bertz CT molecular complexity index is 1490. The van der Waals surface area contributed by atoms with E-state index in [2.05, 4.69) is 20.6 Å². The SMILES string of the molecule is O=C1NC2(CCC2)n2c1c(Cl)cc(Nc1ncnc3sc4c(c13)CC[C@H](C(=O)N1CCC1)C4)c2=O. The number of fused-ring (bicyclic) bond motifs is 5. The molecule has 9 nitrogen and oxygen atoms in total. The van der Waals surface area contributed by atoms with Crippen molar-refractivity contribution in [3.63, 3.8) is 0 Å². The predicted molar refractivity (Wildman–Crippen MR) is 132 cm³/mol. The summed E-state index contributed by atoms with van der Waals surface area (Å²) in [6.07, 6.45) is 7.22. The van der Waals surface area contributed by atoms with Gasteiger partial charge in [0.25, 0.3) is 11.5 Å². The van der Waals surface area contributed by atoms with E-state index in [1.807, 2.05) is 4.90 Å². The minimum atomic E-state index is -0.675. The van der Waals surface area contributed by atoms with Gasteiger partial charge in [0.2, 0.25) is 5.91 Å². The van der Waals surface area contributed by atoms with Crippen LogP contribution in [-0.4, -0.2) is 44.3 Å². The van der Waals surface area contributed by atoms with Crippen LogP contribution in [0.25, 0.3) is 10.2 Å². The monoisotopic (exact) mass is 510 g/mol. The zero-order valence-electron chi connectivity index (χ0n) is 18.9. The van der Waals surface area contributed by atoms with E-state index in [1.165, 1.54) is 21.8 Å². The van der Waals surface area contributed by atoms with Crippen molar-refractivity contribution in [1.29, 1.82) is 0 Å². The first-order chi connectivity index (χ1) is 16.9. The van der Waals surface area contributed by atoms with Crippen LogP contribution in [0.1, 0.15) is 53.0 Å². The molecular weight excluding hydrogens is 488 g/mol. The molecule has 5 heterocycles. The van der Waals surface area contributed by atoms with E-state index in [4.69, 9.17) is 11.6 Å². The van der Waals surface area contributed by atoms with Gasteiger partial charge in [0.15, 0.2) is 0 Å². The second kappa shape index (κ2) is 7.51. The van der Waals surface area contributed by atoms with Crippen molar-refractivity contribution >= 4 is 56.5 Å². The summed E-state index contributed by atoms with van der Waals surface area (Å²) >= 11 is 8.09. The maximum atomic E-state index is 13.5. The first-order valence-corrected chi connectivity index (χ1v) is 13.2. The van der Waals surface area contributed by atoms with Crippen molar-refractivity contribution in [3.05, 3.63) is 43.9 Å². The van der Waals surface area contributed by atoms with Crippen LogP contribution >= 0.6 is 22.9 Å². The molecule has 0 radical (unpaired) electrons.